The van der Waals surface area contributed by atoms with Gasteiger partial charge in [-0.3, -0.25) is 9.63 Å². The van der Waals surface area contributed by atoms with E-state index in [1.807, 2.05) is 19.3 Å². The summed E-state index contributed by atoms with van der Waals surface area (Å²) in [4.78, 5) is 16.0. The quantitative estimate of drug-likeness (QED) is 0.742. The van der Waals surface area contributed by atoms with Gasteiger partial charge in [-0.25, -0.2) is 5.48 Å². The number of rotatable bonds is 4. The Bertz CT molecular complexity index is 273. The Balaban J connectivity index is 2.50. The van der Waals surface area contributed by atoms with Crippen LogP contribution >= 0.6 is 0 Å². The molecular weight excluding hydrogens is 237 g/mol. The third kappa shape index (κ3) is 3.57. The first-order valence-corrected chi connectivity index (χ1v) is 5.48. The monoisotopic (exact) mass is 254 g/mol. The maximum atomic E-state index is 11.9. The van der Waals surface area contributed by atoms with Gasteiger partial charge in [0.2, 0.25) is 0 Å². The van der Waals surface area contributed by atoms with E-state index in [-0.39, 0.29) is 5.92 Å². The summed E-state index contributed by atoms with van der Waals surface area (Å²) in [7, 11) is 0. The van der Waals surface area contributed by atoms with Crippen molar-refractivity contribution >= 4 is 5.91 Å². The molecule has 4 nitrogen and oxygen atoms in total. The Labute approximate surface area is 97.8 Å². The summed E-state index contributed by atoms with van der Waals surface area (Å²) in [6.07, 6.45) is -3.84. The highest BCUT2D eigenvalue weighted by Crippen LogP contribution is 2.34. The molecule has 0 aromatic carbocycles. The Morgan fingerprint density at radius 2 is 2.18 bits per heavy atom. The van der Waals surface area contributed by atoms with Crippen molar-refractivity contribution in [1.29, 1.82) is 0 Å². The number of alkyl halides is 3. The van der Waals surface area contributed by atoms with E-state index in [4.69, 9.17) is 0 Å². The molecule has 17 heavy (non-hydrogen) atoms. The molecule has 100 valence electrons. The molecule has 7 heteroatoms. The molecule has 0 saturated carbocycles. The predicted molar refractivity (Wildman–Crippen MR) is 54.9 cm³/mol. The largest absolute Gasteiger partial charge is 0.414 e. The molecule has 2 N–H and O–H groups in total. The van der Waals surface area contributed by atoms with E-state index >= 15 is 0 Å². The number of hydrogen-bond donors (Lipinski definition) is 2. The topological polar surface area (TPSA) is 50.4 Å². The lowest BCUT2D eigenvalue weighted by Gasteiger charge is -2.30. The van der Waals surface area contributed by atoms with E-state index in [1.54, 1.807) is 0 Å². The van der Waals surface area contributed by atoms with E-state index < -0.39 is 24.1 Å². The van der Waals surface area contributed by atoms with Crippen molar-refractivity contribution in [2.45, 2.75) is 26.4 Å². The van der Waals surface area contributed by atoms with Crippen LogP contribution in [-0.2, 0) is 9.63 Å². The molecule has 1 aliphatic rings. The van der Waals surface area contributed by atoms with Crippen molar-refractivity contribution in [1.82, 2.24) is 10.8 Å². The minimum atomic E-state index is -4.44. The van der Waals surface area contributed by atoms with Crippen molar-refractivity contribution in [3.8, 4) is 0 Å². The Hall–Kier alpha value is -0.820. The Kier molecular flexibility index (Phi) is 4.37. The molecule has 1 rings (SSSR count). The first-order valence-electron chi connectivity index (χ1n) is 5.48. The fourth-order valence-corrected chi connectivity index (χ4v) is 1.95. The summed E-state index contributed by atoms with van der Waals surface area (Å²) >= 11 is 0. The van der Waals surface area contributed by atoms with Gasteiger partial charge in [0.25, 0.3) is 5.91 Å². The number of amides is 1. The van der Waals surface area contributed by atoms with Gasteiger partial charge in [-0.15, -0.1) is 0 Å². The number of carbonyl (C=O) groups is 1. The third-order valence-electron chi connectivity index (χ3n) is 3.15. The molecule has 0 spiro atoms. The van der Waals surface area contributed by atoms with Crippen LogP contribution in [0.2, 0.25) is 0 Å². The molecular formula is C10H17F3N2O2. The average Bonchev–Trinajstić information content (AvgIpc) is 2.64. The lowest BCUT2D eigenvalue weighted by molar-refractivity contribution is -0.195. The number of nitrogens with one attached hydrogen (secondary N) is 2. The molecule has 0 bridgehead atoms. The number of hydrogen-bond acceptors (Lipinski definition) is 3. The average molecular weight is 254 g/mol. The second-order valence-electron chi connectivity index (χ2n) is 4.57. The minimum Gasteiger partial charge on any atom is -0.316 e. The van der Waals surface area contributed by atoms with Crippen LogP contribution in [0.1, 0.15) is 20.3 Å². The van der Waals surface area contributed by atoms with Crippen LogP contribution in [0.4, 0.5) is 13.2 Å². The highest BCUT2D eigenvalue weighted by atomic mass is 19.4. The summed E-state index contributed by atoms with van der Waals surface area (Å²) in [5, 5.41) is 3.04. The van der Waals surface area contributed by atoms with E-state index in [9.17, 15) is 18.0 Å². The molecule has 0 aromatic rings. The van der Waals surface area contributed by atoms with Gasteiger partial charge in [-0.2, -0.15) is 13.2 Å². The summed E-state index contributed by atoms with van der Waals surface area (Å²) in [6, 6.07) is 0. The second kappa shape index (κ2) is 5.22. The molecule has 0 aliphatic carbocycles. The fourth-order valence-electron chi connectivity index (χ4n) is 1.95. The predicted octanol–water partition coefficient (Wildman–Crippen LogP) is 1.23. The normalized spacial score (nSPS) is 25.3. The molecule has 1 unspecified atom stereocenters. The first-order chi connectivity index (χ1) is 7.78. The minimum absolute atomic E-state index is 0.0342. The molecule has 1 aliphatic heterocycles. The highest BCUT2D eigenvalue weighted by Gasteiger charge is 2.44. The van der Waals surface area contributed by atoms with Gasteiger partial charge in [0.1, 0.15) is 0 Å². The Morgan fingerprint density at radius 1 is 1.53 bits per heavy atom. The zero-order valence-corrected chi connectivity index (χ0v) is 9.86. The summed E-state index contributed by atoms with van der Waals surface area (Å²) in [6.45, 7) is 3.42. The van der Waals surface area contributed by atoms with Crippen LogP contribution in [-0.4, -0.2) is 31.8 Å². The van der Waals surface area contributed by atoms with Crippen molar-refractivity contribution in [3.05, 3.63) is 0 Å². The van der Waals surface area contributed by atoms with Crippen LogP contribution in [0.3, 0.4) is 0 Å². The standard InChI is InChI=1S/C10H17F3N2O2/c1-7(2)9(3-4-14-5-9)8(16)15-17-6-10(11,12)13/h7,14H,3-6H2,1-2H3,(H,15,16). The summed E-state index contributed by atoms with van der Waals surface area (Å²) in [5.41, 5.74) is 1.23. The maximum Gasteiger partial charge on any atom is 0.414 e. The maximum absolute atomic E-state index is 11.9. The van der Waals surface area contributed by atoms with Crippen molar-refractivity contribution < 1.29 is 22.8 Å². The van der Waals surface area contributed by atoms with Crippen LogP contribution in [0.25, 0.3) is 0 Å². The van der Waals surface area contributed by atoms with E-state index in [0.717, 1.165) is 0 Å². The van der Waals surface area contributed by atoms with E-state index in [2.05, 4.69) is 10.2 Å². The molecule has 0 aromatic heterocycles. The van der Waals surface area contributed by atoms with Gasteiger partial charge in [0.15, 0.2) is 6.61 Å². The summed E-state index contributed by atoms with van der Waals surface area (Å²) in [5.74, 6) is -0.450. The lowest BCUT2D eigenvalue weighted by Crippen LogP contribution is -2.46. The van der Waals surface area contributed by atoms with Gasteiger partial charge in [0.05, 0.1) is 5.41 Å². The van der Waals surface area contributed by atoms with Gasteiger partial charge in [-0.1, -0.05) is 13.8 Å². The third-order valence-corrected chi connectivity index (χ3v) is 3.15. The molecule has 1 heterocycles. The smallest absolute Gasteiger partial charge is 0.316 e. The number of carbonyl (C=O) groups excluding carboxylic acids is 1. The number of hydroxylamine groups is 1. The number of halogens is 3. The molecule has 1 fully saturated rings. The van der Waals surface area contributed by atoms with Gasteiger partial charge in [-0.05, 0) is 18.9 Å². The van der Waals surface area contributed by atoms with Crippen LogP contribution in [0, 0.1) is 11.3 Å². The zero-order valence-electron chi connectivity index (χ0n) is 9.86. The molecule has 0 radical (unpaired) electrons. The molecule has 1 atom stereocenters. The highest BCUT2D eigenvalue weighted by molar-refractivity contribution is 5.82. The van der Waals surface area contributed by atoms with Crippen LogP contribution in [0.15, 0.2) is 0 Å². The summed E-state index contributed by atoms with van der Waals surface area (Å²) < 4.78 is 35.5. The van der Waals surface area contributed by atoms with Crippen molar-refractivity contribution in [2.75, 3.05) is 19.7 Å². The first kappa shape index (κ1) is 14.2. The van der Waals surface area contributed by atoms with Crippen LogP contribution in [0.5, 0.6) is 0 Å². The molecule has 1 amide bonds. The van der Waals surface area contributed by atoms with Crippen LogP contribution < -0.4 is 10.8 Å². The van der Waals surface area contributed by atoms with Crippen molar-refractivity contribution in [3.63, 3.8) is 0 Å². The van der Waals surface area contributed by atoms with E-state index in [1.165, 1.54) is 0 Å². The second-order valence-corrected chi connectivity index (χ2v) is 4.57. The van der Waals surface area contributed by atoms with Crippen molar-refractivity contribution in [2.24, 2.45) is 11.3 Å². The van der Waals surface area contributed by atoms with E-state index in [0.29, 0.717) is 19.5 Å². The Morgan fingerprint density at radius 3 is 2.59 bits per heavy atom. The zero-order chi connectivity index (χ0) is 13.1. The van der Waals surface area contributed by atoms with Gasteiger partial charge >= 0.3 is 6.18 Å². The molecule has 1 saturated heterocycles. The SMILES string of the molecule is CC(C)C1(C(=O)NOCC(F)(F)F)CCNC1. The van der Waals surface area contributed by atoms with Gasteiger partial charge < -0.3 is 5.32 Å². The fraction of sp³-hybridized carbons (Fsp3) is 0.900. The van der Waals surface area contributed by atoms with Gasteiger partial charge in [0, 0.05) is 6.54 Å². The lowest BCUT2D eigenvalue weighted by atomic mass is 9.76.